The Morgan fingerprint density at radius 2 is 1.72 bits per heavy atom. The number of benzene rings is 1. The molecule has 0 amide bonds. The zero-order valence-electron chi connectivity index (χ0n) is 15.9. The minimum absolute atomic E-state index is 0. The van der Waals surface area contributed by atoms with E-state index in [1.54, 1.807) is 19.2 Å². The molecule has 0 heterocycles. The second kappa shape index (κ2) is 11.7. The lowest BCUT2D eigenvalue weighted by Gasteiger charge is -2.18. The van der Waals surface area contributed by atoms with E-state index < -0.39 is 9.84 Å². The van der Waals surface area contributed by atoms with Crippen LogP contribution in [0.1, 0.15) is 45.6 Å². The van der Waals surface area contributed by atoms with Gasteiger partial charge in [-0.2, -0.15) is 0 Å². The van der Waals surface area contributed by atoms with Gasteiger partial charge in [-0.3, -0.25) is 4.99 Å². The molecule has 0 aromatic heterocycles. The molecule has 7 heteroatoms. The van der Waals surface area contributed by atoms with E-state index >= 15 is 0 Å². The first-order valence-electron chi connectivity index (χ1n) is 8.48. The van der Waals surface area contributed by atoms with Gasteiger partial charge in [-0.1, -0.05) is 38.8 Å². The van der Waals surface area contributed by atoms with Gasteiger partial charge in [-0.05, 0) is 37.0 Å². The Hall–Kier alpha value is -0.830. The van der Waals surface area contributed by atoms with E-state index in [2.05, 4.69) is 36.4 Å². The standard InChI is InChI=1S/C18H31N3O2S.HI/c1-14(2)7-6-8-15(3)21-18(19-4)20-13-16-9-11-17(12-10-16)24(5,22)23;/h9-12,14-15H,6-8,13H2,1-5H3,(H2,19,20,21);1H. The quantitative estimate of drug-likeness (QED) is 0.338. The molecule has 0 aliphatic carbocycles. The number of nitrogens with one attached hydrogen (secondary N) is 2. The number of sulfone groups is 1. The number of aliphatic imine (C=N–C) groups is 1. The third-order valence-electron chi connectivity index (χ3n) is 3.84. The zero-order chi connectivity index (χ0) is 18.2. The molecule has 0 saturated carbocycles. The summed E-state index contributed by atoms with van der Waals surface area (Å²) in [6.45, 7) is 7.25. The number of halogens is 1. The van der Waals surface area contributed by atoms with E-state index in [0.717, 1.165) is 23.9 Å². The molecule has 0 spiro atoms. The highest BCUT2D eigenvalue weighted by Gasteiger charge is 2.08. The second-order valence-corrected chi connectivity index (χ2v) is 8.73. The van der Waals surface area contributed by atoms with Crippen LogP contribution in [0, 0.1) is 5.92 Å². The summed E-state index contributed by atoms with van der Waals surface area (Å²) in [5, 5.41) is 6.65. The molecule has 0 fully saturated rings. The maximum absolute atomic E-state index is 11.5. The van der Waals surface area contributed by atoms with Crippen molar-refractivity contribution in [1.82, 2.24) is 10.6 Å². The van der Waals surface area contributed by atoms with Crippen molar-refractivity contribution >= 4 is 39.8 Å². The molecular formula is C18H32IN3O2S. The molecule has 0 bridgehead atoms. The molecule has 0 radical (unpaired) electrons. The fourth-order valence-corrected chi connectivity index (χ4v) is 3.00. The lowest BCUT2D eigenvalue weighted by Crippen LogP contribution is -2.41. The van der Waals surface area contributed by atoms with Gasteiger partial charge in [0, 0.05) is 25.9 Å². The predicted molar refractivity (Wildman–Crippen MR) is 116 cm³/mol. The molecule has 1 unspecified atom stereocenters. The molecule has 0 aliphatic rings. The average Bonchev–Trinajstić information content (AvgIpc) is 2.50. The molecule has 1 atom stereocenters. The van der Waals surface area contributed by atoms with Gasteiger partial charge in [0.2, 0.25) is 0 Å². The molecular weight excluding hydrogens is 449 g/mol. The normalized spacial score (nSPS) is 13.3. The van der Waals surface area contributed by atoms with Gasteiger partial charge >= 0.3 is 0 Å². The molecule has 2 N–H and O–H groups in total. The molecule has 0 saturated heterocycles. The largest absolute Gasteiger partial charge is 0.354 e. The van der Waals surface area contributed by atoms with E-state index in [4.69, 9.17) is 0 Å². The van der Waals surface area contributed by atoms with Crippen molar-refractivity contribution in [3.63, 3.8) is 0 Å². The Balaban J connectivity index is 0.00000576. The van der Waals surface area contributed by atoms with E-state index in [9.17, 15) is 8.42 Å². The monoisotopic (exact) mass is 481 g/mol. The SMILES string of the molecule is CN=C(NCc1ccc(S(C)(=O)=O)cc1)NC(C)CCCC(C)C.I. The summed E-state index contributed by atoms with van der Waals surface area (Å²) < 4.78 is 22.9. The van der Waals surface area contributed by atoms with E-state index in [1.807, 2.05) is 12.1 Å². The van der Waals surface area contributed by atoms with E-state index in [1.165, 1.54) is 19.1 Å². The van der Waals surface area contributed by atoms with Gasteiger partial charge in [-0.15, -0.1) is 24.0 Å². The third-order valence-corrected chi connectivity index (χ3v) is 4.97. The molecule has 1 aromatic rings. The van der Waals surface area contributed by atoms with Crippen molar-refractivity contribution in [1.29, 1.82) is 0 Å². The smallest absolute Gasteiger partial charge is 0.191 e. The Morgan fingerprint density at radius 3 is 2.20 bits per heavy atom. The van der Waals surface area contributed by atoms with Gasteiger partial charge in [0.1, 0.15) is 0 Å². The zero-order valence-corrected chi connectivity index (χ0v) is 19.0. The van der Waals surface area contributed by atoms with Crippen LogP contribution in [0.5, 0.6) is 0 Å². The van der Waals surface area contributed by atoms with Crippen molar-refractivity contribution in [3.8, 4) is 0 Å². The van der Waals surface area contributed by atoms with Crippen LogP contribution >= 0.6 is 24.0 Å². The Bertz CT molecular complexity index is 628. The summed E-state index contributed by atoms with van der Waals surface area (Å²) in [6, 6.07) is 7.28. The van der Waals surface area contributed by atoms with Crippen LogP contribution < -0.4 is 10.6 Å². The maximum atomic E-state index is 11.5. The van der Waals surface area contributed by atoms with Crippen molar-refractivity contribution in [3.05, 3.63) is 29.8 Å². The van der Waals surface area contributed by atoms with Crippen LogP contribution in [-0.4, -0.2) is 33.7 Å². The first-order valence-corrected chi connectivity index (χ1v) is 10.4. The number of guanidine groups is 1. The van der Waals surface area contributed by atoms with Gasteiger partial charge in [0.15, 0.2) is 15.8 Å². The summed E-state index contributed by atoms with van der Waals surface area (Å²) in [5.74, 6) is 1.50. The van der Waals surface area contributed by atoms with Gasteiger partial charge in [0.05, 0.1) is 4.90 Å². The fraction of sp³-hybridized carbons (Fsp3) is 0.611. The summed E-state index contributed by atoms with van der Waals surface area (Å²) >= 11 is 0. The average molecular weight is 481 g/mol. The van der Waals surface area contributed by atoms with Gasteiger partial charge in [0.25, 0.3) is 0 Å². The van der Waals surface area contributed by atoms with Crippen LogP contribution in [0.2, 0.25) is 0 Å². The first-order chi connectivity index (χ1) is 11.2. The van der Waals surface area contributed by atoms with Gasteiger partial charge < -0.3 is 10.6 Å². The molecule has 0 aliphatic heterocycles. The van der Waals surface area contributed by atoms with E-state index in [-0.39, 0.29) is 24.0 Å². The number of hydrogen-bond donors (Lipinski definition) is 2. The number of rotatable bonds is 8. The third kappa shape index (κ3) is 10.0. The highest BCUT2D eigenvalue weighted by Crippen LogP contribution is 2.10. The lowest BCUT2D eigenvalue weighted by atomic mass is 10.0. The maximum Gasteiger partial charge on any atom is 0.191 e. The summed E-state index contributed by atoms with van der Waals surface area (Å²) in [6.07, 6.45) is 4.77. The van der Waals surface area contributed by atoms with Crippen molar-refractivity contribution in [2.45, 2.75) is 57.5 Å². The Labute approximate surface area is 170 Å². The fourth-order valence-electron chi connectivity index (χ4n) is 2.37. The Kier molecular flexibility index (Phi) is 11.3. The molecule has 1 rings (SSSR count). The number of hydrogen-bond acceptors (Lipinski definition) is 3. The van der Waals surface area contributed by atoms with E-state index in [0.29, 0.717) is 17.5 Å². The Morgan fingerprint density at radius 1 is 1.12 bits per heavy atom. The molecule has 1 aromatic carbocycles. The first kappa shape index (κ1) is 24.2. The molecule has 25 heavy (non-hydrogen) atoms. The topological polar surface area (TPSA) is 70.6 Å². The highest BCUT2D eigenvalue weighted by molar-refractivity contribution is 14.0. The summed E-state index contributed by atoms with van der Waals surface area (Å²) in [7, 11) is -1.39. The van der Waals surface area contributed by atoms with Gasteiger partial charge in [-0.25, -0.2) is 8.42 Å². The molecule has 5 nitrogen and oxygen atoms in total. The van der Waals surface area contributed by atoms with Crippen LogP contribution in [0.4, 0.5) is 0 Å². The summed E-state index contributed by atoms with van der Waals surface area (Å²) in [4.78, 5) is 4.58. The van der Waals surface area contributed by atoms with Crippen molar-refractivity contribution in [2.75, 3.05) is 13.3 Å². The summed E-state index contributed by atoms with van der Waals surface area (Å²) in [5.41, 5.74) is 1.01. The van der Waals surface area contributed by atoms with Crippen LogP contribution in [-0.2, 0) is 16.4 Å². The van der Waals surface area contributed by atoms with Crippen molar-refractivity contribution in [2.24, 2.45) is 10.9 Å². The van der Waals surface area contributed by atoms with Crippen molar-refractivity contribution < 1.29 is 8.42 Å². The van der Waals surface area contributed by atoms with Crippen LogP contribution in [0.15, 0.2) is 34.2 Å². The predicted octanol–water partition coefficient (Wildman–Crippen LogP) is 3.59. The van der Waals surface area contributed by atoms with Crippen LogP contribution in [0.25, 0.3) is 0 Å². The number of nitrogens with zero attached hydrogens (tertiary/aromatic N) is 1. The van der Waals surface area contributed by atoms with Crippen LogP contribution in [0.3, 0.4) is 0 Å². The minimum Gasteiger partial charge on any atom is -0.354 e. The lowest BCUT2D eigenvalue weighted by molar-refractivity contribution is 0.491. The highest BCUT2D eigenvalue weighted by atomic mass is 127. The minimum atomic E-state index is -3.14. The second-order valence-electron chi connectivity index (χ2n) is 6.71. The molecule has 144 valence electrons.